The molecule has 0 aliphatic heterocycles. The molecule has 96 valence electrons. The fourth-order valence-electron chi connectivity index (χ4n) is 1.87. The van der Waals surface area contributed by atoms with Crippen molar-refractivity contribution in [1.82, 2.24) is 19.9 Å². The summed E-state index contributed by atoms with van der Waals surface area (Å²) in [5.74, 6) is 1.55. The van der Waals surface area contributed by atoms with Crippen LogP contribution >= 0.6 is 0 Å². The van der Waals surface area contributed by atoms with Crippen LogP contribution in [0.5, 0.6) is 5.75 Å². The molecule has 0 fully saturated rings. The van der Waals surface area contributed by atoms with Gasteiger partial charge in [0, 0.05) is 12.4 Å². The smallest absolute Gasteiger partial charge is 0.197 e. The second-order valence-corrected chi connectivity index (χ2v) is 4.16. The van der Waals surface area contributed by atoms with E-state index < -0.39 is 0 Å². The number of para-hydroxylation sites is 1. The molecule has 5 nitrogen and oxygen atoms in total. The highest BCUT2D eigenvalue weighted by molar-refractivity contribution is 5.74. The van der Waals surface area contributed by atoms with Crippen LogP contribution in [0.4, 0.5) is 0 Å². The number of nitrogens with one attached hydrogen (secondary N) is 1. The number of hydrogen-bond acceptors (Lipinski definition) is 4. The SMILES string of the molecule is CCCOc1ccccc1-c1nc2nccnc2[nH]1. The molecule has 0 spiro atoms. The van der Waals surface area contributed by atoms with E-state index >= 15 is 0 Å². The van der Waals surface area contributed by atoms with Gasteiger partial charge in [0.15, 0.2) is 11.3 Å². The Labute approximate surface area is 110 Å². The van der Waals surface area contributed by atoms with Gasteiger partial charge >= 0.3 is 0 Å². The topological polar surface area (TPSA) is 63.7 Å². The Morgan fingerprint density at radius 3 is 2.84 bits per heavy atom. The van der Waals surface area contributed by atoms with E-state index in [0.29, 0.717) is 17.9 Å². The molecule has 0 amide bonds. The van der Waals surface area contributed by atoms with E-state index in [9.17, 15) is 0 Å². The van der Waals surface area contributed by atoms with Gasteiger partial charge in [-0.25, -0.2) is 15.0 Å². The highest BCUT2D eigenvalue weighted by Gasteiger charge is 2.11. The van der Waals surface area contributed by atoms with Crippen LogP contribution < -0.4 is 4.74 Å². The number of aromatic amines is 1. The minimum Gasteiger partial charge on any atom is -0.493 e. The highest BCUT2D eigenvalue weighted by atomic mass is 16.5. The van der Waals surface area contributed by atoms with Gasteiger partial charge < -0.3 is 9.72 Å². The first kappa shape index (κ1) is 11.6. The normalized spacial score (nSPS) is 10.8. The molecule has 0 radical (unpaired) electrons. The number of rotatable bonds is 4. The van der Waals surface area contributed by atoms with Crippen LogP contribution in [0.25, 0.3) is 22.7 Å². The number of H-pyrrole nitrogens is 1. The van der Waals surface area contributed by atoms with Gasteiger partial charge in [-0.05, 0) is 18.6 Å². The Balaban J connectivity index is 2.05. The minimum absolute atomic E-state index is 0.614. The van der Waals surface area contributed by atoms with Gasteiger partial charge in [-0.3, -0.25) is 0 Å². The van der Waals surface area contributed by atoms with Crippen molar-refractivity contribution in [2.75, 3.05) is 6.61 Å². The summed E-state index contributed by atoms with van der Waals surface area (Å²) in [6.45, 7) is 2.77. The zero-order chi connectivity index (χ0) is 13.1. The molecule has 1 N–H and O–H groups in total. The largest absolute Gasteiger partial charge is 0.493 e. The lowest BCUT2D eigenvalue weighted by Gasteiger charge is -2.08. The fraction of sp³-hybridized carbons (Fsp3) is 0.214. The van der Waals surface area contributed by atoms with Crippen molar-refractivity contribution in [3.8, 4) is 17.1 Å². The molecule has 0 unspecified atom stereocenters. The Bertz CT molecular complexity index is 659. The second-order valence-electron chi connectivity index (χ2n) is 4.16. The van der Waals surface area contributed by atoms with Crippen LogP contribution in [0.2, 0.25) is 0 Å². The van der Waals surface area contributed by atoms with E-state index in [1.165, 1.54) is 0 Å². The average molecular weight is 254 g/mol. The number of ether oxygens (including phenoxy) is 1. The van der Waals surface area contributed by atoms with E-state index in [4.69, 9.17) is 4.74 Å². The number of benzene rings is 1. The second kappa shape index (κ2) is 5.06. The number of nitrogens with zero attached hydrogens (tertiary/aromatic N) is 3. The van der Waals surface area contributed by atoms with Crippen LogP contribution in [0.3, 0.4) is 0 Å². The molecule has 2 heterocycles. The molecule has 5 heteroatoms. The zero-order valence-electron chi connectivity index (χ0n) is 10.6. The third-order valence-corrected chi connectivity index (χ3v) is 2.74. The standard InChI is InChI=1S/C14H14N4O/c1-2-9-19-11-6-4-3-5-10(11)12-17-13-14(18-12)16-8-7-15-13/h3-8H,2,9H2,1H3,(H,15,16,17,18). The third kappa shape index (κ3) is 2.27. The van der Waals surface area contributed by atoms with Crippen molar-refractivity contribution in [2.45, 2.75) is 13.3 Å². The zero-order valence-corrected chi connectivity index (χ0v) is 10.6. The molecule has 0 saturated heterocycles. The fourth-order valence-corrected chi connectivity index (χ4v) is 1.87. The summed E-state index contributed by atoms with van der Waals surface area (Å²) in [7, 11) is 0. The first-order valence-corrected chi connectivity index (χ1v) is 6.27. The predicted octanol–water partition coefficient (Wildman–Crippen LogP) is 2.81. The maximum atomic E-state index is 5.74. The monoisotopic (exact) mass is 254 g/mol. The molecule has 1 aromatic carbocycles. The summed E-state index contributed by atoms with van der Waals surface area (Å²) in [6, 6.07) is 7.83. The molecular weight excluding hydrogens is 240 g/mol. The molecule has 0 atom stereocenters. The van der Waals surface area contributed by atoms with Crippen molar-refractivity contribution < 1.29 is 4.74 Å². The molecule has 0 aliphatic carbocycles. The van der Waals surface area contributed by atoms with Crippen LogP contribution in [0.15, 0.2) is 36.7 Å². The number of fused-ring (bicyclic) bond motifs is 1. The highest BCUT2D eigenvalue weighted by Crippen LogP contribution is 2.28. The molecule has 0 bridgehead atoms. The summed E-state index contributed by atoms with van der Waals surface area (Å²) in [4.78, 5) is 16.0. The number of aromatic nitrogens is 4. The van der Waals surface area contributed by atoms with E-state index in [1.54, 1.807) is 12.4 Å². The summed E-state index contributed by atoms with van der Waals surface area (Å²) >= 11 is 0. The van der Waals surface area contributed by atoms with E-state index in [0.717, 1.165) is 23.6 Å². The Hall–Kier alpha value is -2.43. The van der Waals surface area contributed by atoms with Crippen molar-refractivity contribution >= 4 is 11.3 Å². The van der Waals surface area contributed by atoms with E-state index in [2.05, 4.69) is 26.9 Å². The molecule has 19 heavy (non-hydrogen) atoms. The third-order valence-electron chi connectivity index (χ3n) is 2.74. The first-order chi connectivity index (χ1) is 9.38. The van der Waals surface area contributed by atoms with E-state index in [1.807, 2.05) is 24.3 Å². The van der Waals surface area contributed by atoms with Crippen molar-refractivity contribution in [3.63, 3.8) is 0 Å². The van der Waals surface area contributed by atoms with Crippen molar-refractivity contribution in [2.24, 2.45) is 0 Å². The molecule has 2 aromatic heterocycles. The lowest BCUT2D eigenvalue weighted by Crippen LogP contribution is -1.97. The minimum atomic E-state index is 0.614. The lowest BCUT2D eigenvalue weighted by atomic mass is 10.2. The maximum absolute atomic E-state index is 5.74. The van der Waals surface area contributed by atoms with Crippen LogP contribution in [0.1, 0.15) is 13.3 Å². The number of imidazole rings is 1. The molecule has 0 saturated carbocycles. The summed E-state index contributed by atoms with van der Waals surface area (Å²) < 4.78 is 5.74. The van der Waals surface area contributed by atoms with Gasteiger partial charge in [0.25, 0.3) is 0 Å². The summed E-state index contributed by atoms with van der Waals surface area (Å²) in [5, 5.41) is 0. The first-order valence-electron chi connectivity index (χ1n) is 6.27. The Morgan fingerprint density at radius 2 is 2.00 bits per heavy atom. The molecular formula is C14H14N4O. The summed E-state index contributed by atoms with van der Waals surface area (Å²) in [6.07, 6.45) is 4.24. The van der Waals surface area contributed by atoms with Gasteiger partial charge in [0.05, 0.1) is 12.2 Å². The predicted molar refractivity (Wildman–Crippen MR) is 72.9 cm³/mol. The number of hydrogen-bond donors (Lipinski definition) is 1. The van der Waals surface area contributed by atoms with Gasteiger partial charge in [0.1, 0.15) is 11.6 Å². The quantitative estimate of drug-likeness (QED) is 0.777. The van der Waals surface area contributed by atoms with E-state index in [-0.39, 0.29) is 0 Å². The molecule has 3 rings (SSSR count). The van der Waals surface area contributed by atoms with Gasteiger partial charge in [-0.1, -0.05) is 19.1 Å². The average Bonchev–Trinajstić information content (AvgIpc) is 2.89. The molecule has 0 aliphatic rings. The Morgan fingerprint density at radius 1 is 1.16 bits per heavy atom. The van der Waals surface area contributed by atoms with Gasteiger partial charge in [-0.15, -0.1) is 0 Å². The van der Waals surface area contributed by atoms with Crippen LogP contribution in [-0.4, -0.2) is 26.5 Å². The van der Waals surface area contributed by atoms with Gasteiger partial charge in [0.2, 0.25) is 0 Å². The maximum Gasteiger partial charge on any atom is 0.197 e. The van der Waals surface area contributed by atoms with Crippen LogP contribution in [-0.2, 0) is 0 Å². The Kier molecular flexibility index (Phi) is 3.10. The van der Waals surface area contributed by atoms with Crippen LogP contribution in [0, 0.1) is 0 Å². The van der Waals surface area contributed by atoms with Crippen molar-refractivity contribution in [3.05, 3.63) is 36.7 Å². The molecule has 3 aromatic rings. The summed E-state index contributed by atoms with van der Waals surface area (Å²) in [5.41, 5.74) is 2.22. The van der Waals surface area contributed by atoms with Crippen molar-refractivity contribution in [1.29, 1.82) is 0 Å². The lowest BCUT2D eigenvalue weighted by molar-refractivity contribution is 0.318. The van der Waals surface area contributed by atoms with Gasteiger partial charge in [-0.2, -0.15) is 0 Å².